The summed E-state index contributed by atoms with van der Waals surface area (Å²) in [4.78, 5) is 11.2. The molecule has 0 saturated carbocycles. The second-order valence-electron chi connectivity index (χ2n) is 3.03. The molecule has 76 valence electrons. The first-order valence-corrected chi connectivity index (χ1v) is 6.80. The van der Waals surface area contributed by atoms with Gasteiger partial charge in [0.1, 0.15) is 0 Å². The minimum atomic E-state index is -3.25. The summed E-state index contributed by atoms with van der Waals surface area (Å²) in [6.07, 6.45) is 1.14. The Morgan fingerprint density at radius 2 is 1.93 bits per heavy atom. The Morgan fingerprint density at radius 3 is 2.36 bits per heavy atom. The average molecular weight is 324 g/mol. The van der Waals surface area contributed by atoms with Crippen LogP contribution in [0.1, 0.15) is 15.9 Å². The summed E-state index contributed by atoms with van der Waals surface area (Å²) in [5.41, 5.74) is 1.07. The summed E-state index contributed by atoms with van der Waals surface area (Å²) in [7, 11) is -3.25. The molecule has 0 saturated heterocycles. The van der Waals surface area contributed by atoms with E-state index in [2.05, 4.69) is 0 Å². The van der Waals surface area contributed by atoms with E-state index in [0.717, 1.165) is 6.26 Å². The maximum absolute atomic E-state index is 11.3. The molecule has 1 aromatic carbocycles. The van der Waals surface area contributed by atoms with Crippen LogP contribution < -0.4 is 0 Å². The van der Waals surface area contributed by atoms with Gasteiger partial charge < -0.3 is 0 Å². The van der Waals surface area contributed by atoms with E-state index in [9.17, 15) is 13.2 Å². The van der Waals surface area contributed by atoms with Crippen molar-refractivity contribution in [2.45, 2.75) is 11.8 Å². The molecule has 0 bridgehead atoms. The number of rotatable bonds is 2. The zero-order valence-electron chi connectivity index (χ0n) is 7.74. The summed E-state index contributed by atoms with van der Waals surface area (Å²) < 4.78 is 22.5. The van der Waals surface area contributed by atoms with Crippen LogP contribution in [0, 0.1) is 6.92 Å². The van der Waals surface area contributed by atoms with Crippen LogP contribution in [-0.4, -0.2) is 18.5 Å². The van der Waals surface area contributed by atoms with Crippen LogP contribution in [-0.2, 0) is 9.84 Å². The van der Waals surface area contributed by atoms with Crippen molar-refractivity contribution < 1.29 is 13.2 Å². The molecule has 0 aliphatic heterocycles. The van der Waals surface area contributed by atoms with E-state index >= 15 is 0 Å². The molecule has 1 rings (SSSR count). The number of halogens is 1. The molecule has 0 aliphatic carbocycles. The third kappa shape index (κ3) is 2.54. The van der Waals surface area contributed by atoms with Crippen molar-refractivity contribution in [3.63, 3.8) is 0 Å². The molecular weight excluding hydrogens is 315 g/mol. The molecule has 0 radical (unpaired) electrons. The molecule has 3 nitrogen and oxygen atoms in total. The standard InChI is InChI=1S/C9H9IO3S/c1-6-3-4-7(9(10)11)5-8(6)14(2,12)13/h3-5H,1-2H3. The van der Waals surface area contributed by atoms with Crippen LogP contribution in [0.15, 0.2) is 23.1 Å². The third-order valence-electron chi connectivity index (χ3n) is 1.81. The maximum Gasteiger partial charge on any atom is 0.222 e. The van der Waals surface area contributed by atoms with Crippen molar-refractivity contribution in [2.75, 3.05) is 6.26 Å². The van der Waals surface area contributed by atoms with Crippen molar-refractivity contribution in [1.82, 2.24) is 0 Å². The Hall–Kier alpha value is -0.430. The van der Waals surface area contributed by atoms with Gasteiger partial charge in [0.05, 0.1) is 4.90 Å². The minimum absolute atomic E-state index is 0.160. The van der Waals surface area contributed by atoms with Crippen molar-refractivity contribution in [3.05, 3.63) is 29.3 Å². The first-order chi connectivity index (χ1) is 6.32. The minimum Gasteiger partial charge on any atom is -0.282 e. The lowest BCUT2D eigenvalue weighted by Gasteiger charge is -2.04. The molecule has 0 aliphatic rings. The summed E-state index contributed by atoms with van der Waals surface area (Å²) in [5, 5.41) is 0. The van der Waals surface area contributed by atoms with Crippen molar-refractivity contribution in [2.24, 2.45) is 0 Å². The normalized spacial score (nSPS) is 11.4. The Morgan fingerprint density at radius 1 is 1.36 bits per heavy atom. The van der Waals surface area contributed by atoms with Crippen LogP contribution in [0.5, 0.6) is 0 Å². The number of benzene rings is 1. The van der Waals surface area contributed by atoms with Gasteiger partial charge in [0.25, 0.3) is 0 Å². The van der Waals surface area contributed by atoms with Gasteiger partial charge in [0.2, 0.25) is 3.79 Å². The SMILES string of the molecule is Cc1ccc(C(=O)I)cc1S(C)(=O)=O. The van der Waals surface area contributed by atoms with E-state index in [1.54, 1.807) is 41.6 Å². The Balaban J connectivity index is 3.44. The molecule has 0 unspecified atom stereocenters. The quantitative estimate of drug-likeness (QED) is 0.617. The van der Waals surface area contributed by atoms with E-state index in [1.165, 1.54) is 6.07 Å². The van der Waals surface area contributed by atoms with Gasteiger partial charge in [-0.1, -0.05) is 12.1 Å². The molecule has 0 atom stereocenters. The van der Waals surface area contributed by atoms with Gasteiger partial charge in [-0.05, 0) is 18.6 Å². The summed E-state index contributed by atoms with van der Waals surface area (Å²) in [6, 6.07) is 4.68. The van der Waals surface area contributed by atoms with E-state index in [4.69, 9.17) is 0 Å². The van der Waals surface area contributed by atoms with Crippen molar-refractivity contribution >= 4 is 36.2 Å². The first kappa shape index (κ1) is 11.6. The lowest BCUT2D eigenvalue weighted by molar-refractivity contribution is 0.110. The van der Waals surface area contributed by atoms with E-state index < -0.39 is 9.84 Å². The fraction of sp³-hybridized carbons (Fsp3) is 0.222. The third-order valence-corrected chi connectivity index (χ3v) is 3.68. The second kappa shape index (κ2) is 3.98. The van der Waals surface area contributed by atoms with Crippen LogP contribution in [0.25, 0.3) is 0 Å². The highest BCUT2D eigenvalue weighted by atomic mass is 127. The van der Waals surface area contributed by atoms with Gasteiger partial charge in [-0.15, -0.1) is 0 Å². The number of carbonyl (C=O) groups is 1. The highest BCUT2D eigenvalue weighted by molar-refractivity contribution is 14.1. The van der Waals surface area contributed by atoms with Gasteiger partial charge in [-0.25, -0.2) is 8.42 Å². The maximum atomic E-state index is 11.3. The lowest BCUT2D eigenvalue weighted by atomic mass is 10.2. The zero-order chi connectivity index (χ0) is 10.9. The summed E-state index contributed by atoms with van der Waals surface area (Å²) in [6.45, 7) is 1.71. The van der Waals surface area contributed by atoms with Crippen LogP contribution in [0.4, 0.5) is 0 Å². The van der Waals surface area contributed by atoms with Crippen molar-refractivity contribution in [1.29, 1.82) is 0 Å². The number of sulfone groups is 1. The second-order valence-corrected chi connectivity index (χ2v) is 5.99. The molecule has 0 amide bonds. The zero-order valence-corrected chi connectivity index (χ0v) is 10.7. The number of hydrogen-bond acceptors (Lipinski definition) is 3. The fourth-order valence-electron chi connectivity index (χ4n) is 1.12. The topological polar surface area (TPSA) is 51.2 Å². The summed E-state index contributed by atoms with van der Waals surface area (Å²) >= 11 is 1.63. The predicted molar refractivity (Wildman–Crippen MR) is 62.6 cm³/mol. The van der Waals surface area contributed by atoms with Gasteiger partial charge >= 0.3 is 0 Å². The monoisotopic (exact) mass is 324 g/mol. The highest BCUT2D eigenvalue weighted by Gasteiger charge is 2.12. The molecule has 0 fully saturated rings. The van der Waals surface area contributed by atoms with E-state index in [-0.39, 0.29) is 8.69 Å². The molecular formula is C9H9IO3S. The molecule has 14 heavy (non-hydrogen) atoms. The number of carbonyl (C=O) groups excluding carboxylic acids is 1. The largest absolute Gasteiger partial charge is 0.282 e. The van der Waals surface area contributed by atoms with Crippen LogP contribution in [0.2, 0.25) is 0 Å². The van der Waals surface area contributed by atoms with Crippen LogP contribution >= 0.6 is 22.6 Å². The van der Waals surface area contributed by atoms with Gasteiger partial charge in [0.15, 0.2) is 9.84 Å². The average Bonchev–Trinajstić information content (AvgIpc) is 2.02. The van der Waals surface area contributed by atoms with Crippen LogP contribution in [0.3, 0.4) is 0 Å². The predicted octanol–water partition coefficient (Wildman–Crippen LogP) is 1.97. The van der Waals surface area contributed by atoms with Gasteiger partial charge in [0, 0.05) is 34.4 Å². The molecule has 1 aromatic rings. The first-order valence-electron chi connectivity index (χ1n) is 3.83. The van der Waals surface area contributed by atoms with E-state index in [0.29, 0.717) is 11.1 Å². The van der Waals surface area contributed by atoms with Crippen molar-refractivity contribution in [3.8, 4) is 0 Å². The molecule has 0 aromatic heterocycles. The molecule has 0 N–H and O–H groups in total. The number of aryl methyl sites for hydroxylation is 1. The number of hydrogen-bond donors (Lipinski definition) is 0. The smallest absolute Gasteiger partial charge is 0.222 e. The molecule has 0 heterocycles. The molecule has 0 spiro atoms. The fourth-order valence-corrected chi connectivity index (χ4v) is 2.45. The van der Waals surface area contributed by atoms with Gasteiger partial charge in [-0.3, -0.25) is 4.79 Å². The lowest BCUT2D eigenvalue weighted by Crippen LogP contribution is -2.02. The Labute approximate surface area is 96.6 Å². The Bertz CT molecular complexity index is 477. The van der Waals surface area contributed by atoms with Gasteiger partial charge in [-0.2, -0.15) is 0 Å². The summed E-state index contributed by atoms with van der Waals surface area (Å²) in [5.74, 6) is 0. The highest BCUT2D eigenvalue weighted by Crippen LogP contribution is 2.18. The Kier molecular flexibility index (Phi) is 3.31. The molecule has 5 heteroatoms. The van der Waals surface area contributed by atoms with E-state index in [1.807, 2.05) is 0 Å².